The maximum Gasteiger partial charge on any atom is 0.272 e. The number of sulfonamides is 1. The molecule has 4 aromatic rings. The predicted octanol–water partition coefficient (Wildman–Crippen LogP) is 6.32. The van der Waals surface area contributed by atoms with Crippen molar-refractivity contribution in [2.75, 3.05) is 33.4 Å². The van der Waals surface area contributed by atoms with E-state index in [1.165, 1.54) is 24.8 Å². The average Bonchev–Trinajstić information content (AvgIpc) is 3.86. The maximum absolute atomic E-state index is 14.3. The number of rotatable bonds is 9. The number of carbonyl (C=O) groups is 2. The first-order valence-corrected chi connectivity index (χ1v) is 20.2. The van der Waals surface area contributed by atoms with Gasteiger partial charge in [0, 0.05) is 41.2 Å². The van der Waals surface area contributed by atoms with Crippen LogP contribution >= 0.6 is 0 Å². The number of amides is 2. The van der Waals surface area contributed by atoms with Crippen LogP contribution in [0, 0.1) is 0 Å². The van der Waals surface area contributed by atoms with Crippen LogP contribution in [0.2, 0.25) is 0 Å². The highest BCUT2D eigenvalue weighted by Gasteiger charge is 2.35. The molecular weight excluding hydrogens is 679 g/mol. The Balaban J connectivity index is 1.31. The number of nitrogens with one attached hydrogen (secondary N) is 1. The van der Waals surface area contributed by atoms with Crippen LogP contribution in [-0.2, 0) is 32.5 Å². The summed E-state index contributed by atoms with van der Waals surface area (Å²) in [4.78, 5) is 34.3. The lowest BCUT2D eigenvalue weighted by Crippen LogP contribution is -2.41. The van der Waals surface area contributed by atoms with E-state index in [0.717, 1.165) is 70.3 Å². The van der Waals surface area contributed by atoms with Crippen LogP contribution in [0.1, 0.15) is 104 Å². The van der Waals surface area contributed by atoms with Crippen molar-refractivity contribution in [2.24, 2.45) is 0 Å². The fourth-order valence-corrected chi connectivity index (χ4v) is 8.82. The molecule has 8 rings (SSSR count). The highest BCUT2D eigenvalue weighted by atomic mass is 32.2. The van der Waals surface area contributed by atoms with E-state index >= 15 is 0 Å². The number of benzene rings is 2. The van der Waals surface area contributed by atoms with Crippen LogP contribution in [0.3, 0.4) is 0 Å². The van der Waals surface area contributed by atoms with Crippen LogP contribution < -0.4 is 9.46 Å². The van der Waals surface area contributed by atoms with Crippen molar-refractivity contribution in [2.45, 2.75) is 89.0 Å². The summed E-state index contributed by atoms with van der Waals surface area (Å²) in [5.41, 5.74) is 8.45. The average molecular weight is 726 g/mol. The van der Waals surface area contributed by atoms with Crippen molar-refractivity contribution < 1.29 is 27.5 Å². The molecule has 1 N–H and O–H groups in total. The molecule has 12 heteroatoms. The molecule has 2 amide bonds. The molecule has 0 spiro atoms. The van der Waals surface area contributed by atoms with Crippen molar-refractivity contribution >= 4 is 44.4 Å². The SMILES string of the molecule is COc1ccc2c(c1)C=C(c1ncn(C3CC3)c1C(=O)N1CCOCC1)Cn1c-2c(C2CCCCC2)c2ccc(CC(=O)NS(=O)(=O)C(C)C)cc21. The number of imidazole rings is 1. The van der Waals surface area contributed by atoms with Gasteiger partial charge in [0.2, 0.25) is 15.9 Å². The highest BCUT2D eigenvalue weighted by Crippen LogP contribution is 2.48. The molecule has 11 nitrogen and oxygen atoms in total. The predicted molar refractivity (Wildman–Crippen MR) is 201 cm³/mol. The largest absolute Gasteiger partial charge is 0.497 e. The van der Waals surface area contributed by atoms with E-state index in [-0.39, 0.29) is 18.4 Å². The number of aromatic nitrogens is 3. The number of carbonyl (C=O) groups excluding carboxylic acids is 2. The highest BCUT2D eigenvalue weighted by molar-refractivity contribution is 7.90. The van der Waals surface area contributed by atoms with E-state index in [2.05, 4.69) is 38.1 Å². The van der Waals surface area contributed by atoms with Crippen molar-refractivity contribution in [1.82, 2.24) is 23.7 Å². The van der Waals surface area contributed by atoms with Crippen LogP contribution in [-0.4, -0.2) is 77.9 Å². The number of ether oxygens (including phenoxy) is 2. The first-order valence-electron chi connectivity index (χ1n) is 18.7. The molecule has 4 aliphatic rings. The summed E-state index contributed by atoms with van der Waals surface area (Å²) in [6.07, 6.45) is 11.7. The van der Waals surface area contributed by atoms with Crippen molar-refractivity contribution in [3.63, 3.8) is 0 Å². The molecule has 0 radical (unpaired) electrons. The Morgan fingerprint density at radius 2 is 1.79 bits per heavy atom. The van der Waals surface area contributed by atoms with Gasteiger partial charge in [0.05, 0.1) is 56.3 Å². The zero-order valence-electron chi connectivity index (χ0n) is 30.2. The second-order valence-corrected chi connectivity index (χ2v) is 17.2. The Hall–Kier alpha value is -4.42. The summed E-state index contributed by atoms with van der Waals surface area (Å²) in [5, 5.41) is 0.419. The second-order valence-electron chi connectivity index (χ2n) is 14.9. The van der Waals surface area contributed by atoms with Crippen LogP contribution in [0.4, 0.5) is 0 Å². The molecule has 1 saturated heterocycles. The molecule has 274 valence electrons. The van der Waals surface area contributed by atoms with Gasteiger partial charge < -0.3 is 23.5 Å². The van der Waals surface area contributed by atoms with Gasteiger partial charge in [0.15, 0.2) is 0 Å². The molecule has 0 bridgehead atoms. The standard InChI is InChI=1S/C40H47N5O6S/c1-25(2)52(48,49)42-35(46)20-26-9-13-33-34(19-26)44-23-29(37-39(45(24-41-37)30-10-11-30)40(47)43-15-17-51-18-16-43)21-28-22-31(50-3)12-14-32(28)38(44)36(33)27-7-5-4-6-8-27/h9,12-14,19,21-22,24-25,27,30H,4-8,10-11,15-18,20,23H2,1-3H3,(H,42,46). The minimum atomic E-state index is -3.76. The lowest BCUT2D eigenvalue weighted by Gasteiger charge is -2.27. The molecule has 0 unspecified atom stereocenters. The lowest BCUT2D eigenvalue weighted by atomic mass is 9.81. The molecule has 2 aliphatic heterocycles. The Bertz CT molecular complexity index is 2180. The molecule has 4 heterocycles. The van der Waals surface area contributed by atoms with E-state index < -0.39 is 21.2 Å². The van der Waals surface area contributed by atoms with E-state index in [9.17, 15) is 18.0 Å². The first kappa shape index (κ1) is 34.7. The Morgan fingerprint density at radius 3 is 2.50 bits per heavy atom. The fourth-order valence-electron chi connectivity index (χ4n) is 8.19. The molecule has 52 heavy (non-hydrogen) atoms. The summed E-state index contributed by atoms with van der Waals surface area (Å²) in [6, 6.07) is 12.6. The van der Waals surface area contributed by atoms with Crippen molar-refractivity contribution in [3.8, 4) is 17.0 Å². The molecule has 2 saturated carbocycles. The van der Waals surface area contributed by atoms with E-state index in [1.807, 2.05) is 29.4 Å². The molecule has 0 atom stereocenters. The summed E-state index contributed by atoms with van der Waals surface area (Å²) in [6.45, 7) is 5.67. The molecular formula is C40H47N5O6S. The summed E-state index contributed by atoms with van der Waals surface area (Å²) >= 11 is 0. The van der Waals surface area contributed by atoms with Gasteiger partial charge in [-0.25, -0.2) is 13.4 Å². The summed E-state index contributed by atoms with van der Waals surface area (Å²) in [5.74, 6) is 0.528. The third-order valence-electron chi connectivity index (χ3n) is 11.1. The Labute approximate surface area is 305 Å². The maximum atomic E-state index is 14.3. The van der Waals surface area contributed by atoms with Gasteiger partial charge in [-0.15, -0.1) is 0 Å². The second kappa shape index (κ2) is 13.9. The Kier molecular flexibility index (Phi) is 9.23. The number of nitrogens with zero attached hydrogens (tertiary/aromatic N) is 4. The number of hydrogen-bond acceptors (Lipinski definition) is 7. The van der Waals surface area contributed by atoms with Gasteiger partial charge in [-0.1, -0.05) is 31.4 Å². The summed E-state index contributed by atoms with van der Waals surface area (Å²) in [7, 11) is -2.08. The van der Waals surface area contributed by atoms with E-state index in [1.54, 1.807) is 21.0 Å². The summed E-state index contributed by atoms with van der Waals surface area (Å²) < 4.78 is 43.0. The van der Waals surface area contributed by atoms with Gasteiger partial charge in [0.1, 0.15) is 11.4 Å². The normalized spacial score (nSPS) is 18.2. The zero-order valence-corrected chi connectivity index (χ0v) is 31.0. The zero-order chi connectivity index (χ0) is 36.1. The minimum Gasteiger partial charge on any atom is -0.497 e. The topological polar surface area (TPSA) is 125 Å². The number of fused-ring (bicyclic) bond motifs is 5. The van der Waals surface area contributed by atoms with Gasteiger partial charge in [-0.3, -0.25) is 14.3 Å². The third kappa shape index (κ3) is 6.44. The van der Waals surface area contributed by atoms with Crippen LogP contribution in [0.25, 0.3) is 33.8 Å². The molecule has 2 aromatic heterocycles. The monoisotopic (exact) mass is 725 g/mol. The van der Waals surface area contributed by atoms with E-state index in [0.29, 0.717) is 50.2 Å². The first-order chi connectivity index (χ1) is 25.1. The van der Waals surface area contributed by atoms with Crippen molar-refractivity contribution in [1.29, 1.82) is 0 Å². The van der Waals surface area contributed by atoms with Gasteiger partial charge >= 0.3 is 0 Å². The van der Waals surface area contributed by atoms with Gasteiger partial charge in [-0.2, -0.15) is 0 Å². The Morgan fingerprint density at radius 1 is 1.02 bits per heavy atom. The van der Waals surface area contributed by atoms with E-state index in [4.69, 9.17) is 14.5 Å². The lowest BCUT2D eigenvalue weighted by molar-refractivity contribution is -0.118. The van der Waals surface area contributed by atoms with Crippen LogP contribution in [0.15, 0.2) is 42.7 Å². The smallest absolute Gasteiger partial charge is 0.272 e. The number of allylic oxidation sites excluding steroid dienone is 1. The number of hydrogen-bond donors (Lipinski definition) is 1. The molecule has 3 fully saturated rings. The third-order valence-corrected chi connectivity index (χ3v) is 12.9. The number of methoxy groups -OCH3 is 1. The molecule has 2 aliphatic carbocycles. The van der Waals surface area contributed by atoms with Gasteiger partial charge in [0.25, 0.3) is 5.91 Å². The van der Waals surface area contributed by atoms with Crippen LogP contribution in [0.5, 0.6) is 5.75 Å². The van der Waals surface area contributed by atoms with Crippen molar-refractivity contribution in [3.05, 3.63) is 70.8 Å². The van der Waals surface area contributed by atoms with Gasteiger partial charge in [-0.05, 0) is 92.5 Å². The molecule has 2 aromatic carbocycles. The fraction of sp³-hybridized carbons (Fsp3) is 0.475. The minimum absolute atomic E-state index is 0.0242. The number of morpholine rings is 1. The quantitative estimate of drug-likeness (QED) is 0.214.